The Morgan fingerprint density at radius 2 is 1.96 bits per heavy atom. The van der Waals surface area contributed by atoms with E-state index in [0.29, 0.717) is 19.1 Å². The first kappa shape index (κ1) is 18.7. The summed E-state index contributed by atoms with van der Waals surface area (Å²) in [4.78, 5) is 10.7. The number of aryl methyl sites for hydroxylation is 1. The Kier molecular flexibility index (Phi) is 5.61. The number of rotatable bonds is 7. The molecule has 0 fully saturated rings. The number of nitrogens with zero attached hydrogens (tertiary/aromatic N) is 2. The molecule has 4 heteroatoms. The Balaban J connectivity index is 1.72. The second kappa shape index (κ2) is 8.09. The summed E-state index contributed by atoms with van der Waals surface area (Å²) in [5.41, 5.74) is 4.22. The van der Waals surface area contributed by atoms with Gasteiger partial charge in [-0.3, -0.25) is 4.68 Å². The Hall–Kier alpha value is -3.06. The molecule has 27 heavy (non-hydrogen) atoms. The van der Waals surface area contributed by atoms with Gasteiger partial charge in [0.15, 0.2) is 0 Å². The standard InChI is InChI=1S/C23H24N2O2/c1-5-19(12-13-26)20-7-9-21(10-8-20)27-15-18-6-11-23-22(14-18)17(4)24-25(23)16(2)3/h1,6-11,13-14,16,19H,12,15H2,2-4H3/t19-/m0/s1. The summed E-state index contributed by atoms with van der Waals surface area (Å²) >= 11 is 0. The number of fused-ring (bicyclic) bond motifs is 1. The van der Waals surface area contributed by atoms with Crippen LogP contribution in [0, 0.1) is 19.3 Å². The minimum absolute atomic E-state index is 0.181. The fourth-order valence-corrected chi connectivity index (χ4v) is 3.19. The normalized spacial score (nSPS) is 12.1. The van der Waals surface area contributed by atoms with Gasteiger partial charge in [0, 0.05) is 17.8 Å². The molecule has 3 rings (SSSR count). The van der Waals surface area contributed by atoms with E-state index in [1.807, 2.05) is 31.2 Å². The highest BCUT2D eigenvalue weighted by molar-refractivity contribution is 5.82. The van der Waals surface area contributed by atoms with Gasteiger partial charge in [0.25, 0.3) is 0 Å². The van der Waals surface area contributed by atoms with E-state index in [1.165, 1.54) is 0 Å². The third-order valence-corrected chi connectivity index (χ3v) is 4.67. The van der Waals surface area contributed by atoms with E-state index < -0.39 is 0 Å². The highest BCUT2D eigenvalue weighted by Gasteiger charge is 2.11. The van der Waals surface area contributed by atoms with Crippen molar-refractivity contribution in [3.63, 3.8) is 0 Å². The van der Waals surface area contributed by atoms with E-state index in [9.17, 15) is 4.79 Å². The Morgan fingerprint density at radius 3 is 2.59 bits per heavy atom. The van der Waals surface area contributed by atoms with Crippen LogP contribution in [0.5, 0.6) is 5.75 Å². The van der Waals surface area contributed by atoms with Crippen LogP contribution in [0.3, 0.4) is 0 Å². The third-order valence-electron chi connectivity index (χ3n) is 4.67. The van der Waals surface area contributed by atoms with E-state index in [1.54, 1.807) is 0 Å². The van der Waals surface area contributed by atoms with Crippen molar-refractivity contribution in [1.82, 2.24) is 9.78 Å². The minimum Gasteiger partial charge on any atom is -0.489 e. The molecule has 0 aliphatic heterocycles. The number of carbonyl (C=O) groups is 1. The number of carbonyl (C=O) groups excluding carboxylic acids is 1. The zero-order valence-electron chi connectivity index (χ0n) is 16.0. The fourth-order valence-electron chi connectivity index (χ4n) is 3.19. The van der Waals surface area contributed by atoms with Crippen LogP contribution in [0.4, 0.5) is 0 Å². The van der Waals surface area contributed by atoms with Crippen LogP contribution in [0.2, 0.25) is 0 Å². The predicted molar refractivity (Wildman–Crippen MR) is 108 cm³/mol. The Labute approximate surface area is 160 Å². The van der Waals surface area contributed by atoms with Gasteiger partial charge in [-0.2, -0.15) is 5.10 Å². The number of terminal acetylenes is 1. The number of hydrogen-bond acceptors (Lipinski definition) is 3. The van der Waals surface area contributed by atoms with Gasteiger partial charge in [0.1, 0.15) is 18.6 Å². The van der Waals surface area contributed by atoms with Gasteiger partial charge >= 0.3 is 0 Å². The van der Waals surface area contributed by atoms with Crippen molar-refractivity contribution >= 4 is 17.2 Å². The molecule has 2 aromatic carbocycles. The smallest absolute Gasteiger partial charge is 0.121 e. The van der Waals surface area contributed by atoms with Gasteiger partial charge in [-0.15, -0.1) is 6.42 Å². The molecule has 0 aliphatic carbocycles. The number of aromatic nitrogens is 2. The first-order valence-electron chi connectivity index (χ1n) is 9.13. The second-order valence-electron chi connectivity index (χ2n) is 6.95. The van der Waals surface area contributed by atoms with Crippen LogP contribution < -0.4 is 4.74 Å². The molecular weight excluding hydrogens is 336 g/mol. The average molecular weight is 360 g/mol. The van der Waals surface area contributed by atoms with Crippen molar-refractivity contribution in [2.75, 3.05) is 0 Å². The van der Waals surface area contributed by atoms with Gasteiger partial charge in [-0.05, 0) is 56.2 Å². The van der Waals surface area contributed by atoms with E-state index in [-0.39, 0.29) is 5.92 Å². The summed E-state index contributed by atoms with van der Waals surface area (Å²) in [7, 11) is 0. The molecular formula is C23H24N2O2. The summed E-state index contributed by atoms with van der Waals surface area (Å²) < 4.78 is 7.97. The minimum atomic E-state index is -0.181. The summed E-state index contributed by atoms with van der Waals surface area (Å²) in [6.07, 6.45) is 6.68. The first-order valence-corrected chi connectivity index (χ1v) is 9.13. The van der Waals surface area contributed by atoms with Crippen molar-refractivity contribution in [2.24, 2.45) is 0 Å². The zero-order chi connectivity index (χ0) is 19.4. The average Bonchev–Trinajstić information content (AvgIpc) is 3.01. The molecule has 0 bridgehead atoms. The van der Waals surface area contributed by atoms with Crippen LogP contribution in [-0.2, 0) is 11.4 Å². The molecule has 0 saturated heterocycles. The van der Waals surface area contributed by atoms with Crippen molar-refractivity contribution in [1.29, 1.82) is 0 Å². The molecule has 0 saturated carbocycles. The lowest BCUT2D eigenvalue weighted by Gasteiger charge is -2.11. The Morgan fingerprint density at radius 1 is 1.22 bits per heavy atom. The van der Waals surface area contributed by atoms with Crippen molar-refractivity contribution in [2.45, 2.75) is 45.8 Å². The van der Waals surface area contributed by atoms with Gasteiger partial charge in [-0.25, -0.2) is 0 Å². The quantitative estimate of drug-likeness (QED) is 0.449. The molecule has 0 aliphatic rings. The predicted octanol–water partition coefficient (Wildman–Crippen LogP) is 4.81. The SMILES string of the molecule is C#C[C@@H](CC=O)c1ccc(OCc2ccc3c(c2)c(C)nn3C(C)C)cc1. The number of ether oxygens (including phenoxy) is 1. The summed E-state index contributed by atoms with van der Waals surface area (Å²) in [6.45, 7) is 6.78. The van der Waals surface area contributed by atoms with Crippen LogP contribution in [0.25, 0.3) is 10.9 Å². The highest BCUT2D eigenvalue weighted by atomic mass is 16.5. The van der Waals surface area contributed by atoms with Crippen LogP contribution in [0.1, 0.15) is 49.0 Å². The lowest BCUT2D eigenvalue weighted by molar-refractivity contribution is -0.107. The molecule has 0 spiro atoms. The highest BCUT2D eigenvalue weighted by Crippen LogP contribution is 2.25. The summed E-state index contributed by atoms with van der Waals surface area (Å²) in [6, 6.07) is 14.3. The van der Waals surface area contributed by atoms with Gasteiger partial charge in [0.05, 0.1) is 17.1 Å². The molecule has 1 aromatic heterocycles. The van der Waals surface area contributed by atoms with Crippen LogP contribution >= 0.6 is 0 Å². The molecule has 4 nitrogen and oxygen atoms in total. The van der Waals surface area contributed by atoms with E-state index in [2.05, 4.69) is 47.7 Å². The molecule has 1 heterocycles. The number of hydrogen-bond donors (Lipinski definition) is 0. The van der Waals surface area contributed by atoms with Crippen molar-refractivity contribution < 1.29 is 9.53 Å². The molecule has 0 radical (unpaired) electrons. The topological polar surface area (TPSA) is 44.1 Å². The van der Waals surface area contributed by atoms with E-state index in [0.717, 1.165) is 39.8 Å². The van der Waals surface area contributed by atoms with Gasteiger partial charge in [-0.1, -0.05) is 24.1 Å². The molecule has 0 unspecified atom stereocenters. The molecule has 0 amide bonds. The van der Waals surface area contributed by atoms with Gasteiger partial charge in [0.2, 0.25) is 0 Å². The lowest BCUT2D eigenvalue weighted by Crippen LogP contribution is -2.02. The summed E-state index contributed by atoms with van der Waals surface area (Å²) in [5.74, 6) is 3.24. The van der Waals surface area contributed by atoms with Crippen molar-refractivity contribution in [3.8, 4) is 18.1 Å². The lowest BCUT2D eigenvalue weighted by atomic mass is 9.97. The Bertz CT molecular complexity index is 978. The first-order chi connectivity index (χ1) is 13.0. The molecule has 0 N–H and O–H groups in total. The molecule has 138 valence electrons. The summed E-state index contributed by atoms with van der Waals surface area (Å²) in [5, 5.41) is 5.79. The van der Waals surface area contributed by atoms with Crippen molar-refractivity contribution in [3.05, 3.63) is 59.3 Å². The fraction of sp³-hybridized carbons (Fsp3) is 0.304. The maximum absolute atomic E-state index is 10.7. The number of benzene rings is 2. The van der Waals surface area contributed by atoms with Crippen LogP contribution in [0.15, 0.2) is 42.5 Å². The largest absolute Gasteiger partial charge is 0.489 e. The van der Waals surface area contributed by atoms with Crippen LogP contribution in [-0.4, -0.2) is 16.1 Å². The molecule has 1 atom stereocenters. The van der Waals surface area contributed by atoms with Gasteiger partial charge < -0.3 is 9.53 Å². The van der Waals surface area contributed by atoms with E-state index in [4.69, 9.17) is 11.2 Å². The maximum atomic E-state index is 10.7. The van der Waals surface area contributed by atoms with E-state index >= 15 is 0 Å². The zero-order valence-corrected chi connectivity index (χ0v) is 16.0. The third kappa shape index (κ3) is 4.03. The second-order valence-corrected chi connectivity index (χ2v) is 6.95. The monoisotopic (exact) mass is 360 g/mol. The maximum Gasteiger partial charge on any atom is 0.121 e. The number of aldehydes is 1. The molecule has 3 aromatic rings.